The summed E-state index contributed by atoms with van der Waals surface area (Å²) in [6.45, 7) is 4.86. The number of nitrogens with zero attached hydrogens (tertiary/aromatic N) is 5. The Kier molecular flexibility index (Phi) is 8.07. The van der Waals surface area contributed by atoms with Crippen LogP contribution in [0.2, 0.25) is 5.02 Å². The normalized spacial score (nSPS) is 14.3. The lowest BCUT2D eigenvalue weighted by Gasteiger charge is -2.14. The molecular weight excluding hydrogens is 618 g/mol. The lowest BCUT2D eigenvalue weighted by atomic mass is 9.95. The molecule has 236 valence electrons. The zero-order valence-electron chi connectivity index (χ0n) is 26.4. The summed E-state index contributed by atoms with van der Waals surface area (Å²) in [4.78, 5) is 13.9. The fourth-order valence-corrected chi connectivity index (χ4v) is 8.06. The van der Waals surface area contributed by atoms with Crippen LogP contribution in [0.15, 0.2) is 59.5 Å². The van der Waals surface area contributed by atoms with Crippen molar-refractivity contribution < 1.29 is 14.6 Å². The van der Waals surface area contributed by atoms with Gasteiger partial charge in [-0.3, -0.25) is 9.36 Å². The largest absolute Gasteiger partial charge is 0.493 e. The Morgan fingerprint density at radius 1 is 0.978 bits per heavy atom. The van der Waals surface area contributed by atoms with Crippen LogP contribution in [-0.4, -0.2) is 41.8 Å². The number of aromatic nitrogens is 5. The highest BCUT2D eigenvalue weighted by Crippen LogP contribution is 2.43. The number of benzene rings is 3. The highest BCUT2D eigenvalue weighted by Gasteiger charge is 2.27. The van der Waals surface area contributed by atoms with Gasteiger partial charge < -0.3 is 14.4 Å². The van der Waals surface area contributed by atoms with Crippen LogP contribution in [0.4, 0.5) is 0 Å². The second kappa shape index (κ2) is 12.2. The van der Waals surface area contributed by atoms with Gasteiger partial charge >= 0.3 is 5.97 Å². The van der Waals surface area contributed by atoms with E-state index in [-0.39, 0.29) is 5.69 Å². The van der Waals surface area contributed by atoms with E-state index in [1.54, 1.807) is 11.8 Å². The minimum atomic E-state index is -0.959. The maximum absolute atomic E-state index is 12.7. The summed E-state index contributed by atoms with van der Waals surface area (Å²) >= 11 is 8.76. The van der Waals surface area contributed by atoms with Crippen molar-refractivity contribution in [2.24, 2.45) is 14.1 Å². The number of thioether (sulfide) groups is 1. The molecule has 1 N–H and O–H groups in total. The van der Waals surface area contributed by atoms with Gasteiger partial charge in [-0.05, 0) is 80.8 Å². The number of aromatic carboxylic acids is 1. The van der Waals surface area contributed by atoms with E-state index in [1.165, 1.54) is 5.69 Å². The van der Waals surface area contributed by atoms with Crippen LogP contribution in [0.25, 0.3) is 32.8 Å². The number of halogens is 1. The molecule has 0 unspecified atom stereocenters. The number of fused-ring (bicyclic) bond motifs is 8. The van der Waals surface area contributed by atoms with Crippen molar-refractivity contribution in [1.29, 1.82) is 0 Å². The molecular formula is C36H36ClN5O3S. The first-order chi connectivity index (χ1) is 22.2. The average molecular weight is 654 g/mol. The van der Waals surface area contributed by atoms with Gasteiger partial charge in [-0.1, -0.05) is 35.9 Å². The lowest BCUT2D eigenvalue weighted by Crippen LogP contribution is -2.12. The number of carboxylic acids is 1. The van der Waals surface area contributed by atoms with Crippen molar-refractivity contribution in [2.75, 3.05) is 6.61 Å². The predicted molar refractivity (Wildman–Crippen MR) is 184 cm³/mol. The average Bonchev–Trinajstić information content (AvgIpc) is 3.63. The van der Waals surface area contributed by atoms with Crippen LogP contribution < -0.4 is 4.74 Å². The molecule has 0 atom stereocenters. The van der Waals surface area contributed by atoms with Crippen molar-refractivity contribution in [3.63, 3.8) is 0 Å². The summed E-state index contributed by atoms with van der Waals surface area (Å²) in [5.74, 6) is 0.665. The molecule has 0 saturated heterocycles. The third-order valence-electron chi connectivity index (χ3n) is 9.12. The molecule has 0 saturated carbocycles. The molecule has 8 bridgehead atoms. The second-order valence-electron chi connectivity index (χ2n) is 12.0. The molecule has 3 aromatic carbocycles. The van der Waals surface area contributed by atoms with Gasteiger partial charge in [0, 0.05) is 75.1 Å². The quantitative estimate of drug-likeness (QED) is 0.193. The molecule has 0 radical (unpaired) electrons. The van der Waals surface area contributed by atoms with E-state index in [9.17, 15) is 9.90 Å². The first kappa shape index (κ1) is 30.4. The van der Waals surface area contributed by atoms with Crippen LogP contribution in [0.5, 0.6) is 5.75 Å². The zero-order chi connectivity index (χ0) is 32.1. The first-order valence-electron chi connectivity index (χ1n) is 15.6. The van der Waals surface area contributed by atoms with Crippen molar-refractivity contribution >= 4 is 51.0 Å². The molecule has 6 aromatic rings. The summed E-state index contributed by atoms with van der Waals surface area (Å²) in [5.41, 5.74) is 7.83. The van der Waals surface area contributed by atoms with E-state index in [0.29, 0.717) is 30.2 Å². The highest BCUT2D eigenvalue weighted by molar-refractivity contribution is 7.98. The van der Waals surface area contributed by atoms with E-state index in [4.69, 9.17) is 26.5 Å². The number of ether oxygens (including phenoxy) is 1. The van der Waals surface area contributed by atoms with Crippen LogP contribution in [0, 0.1) is 13.8 Å². The number of carbonyl (C=O) groups is 1. The molecule has 3 aromatic heterocycles. The van der Waals surface area contributed by atoms with Gasteiger partial charge in [0.1, 0.15) is 11.4 Å². The lowest BCUT2D eigenvalue weighted by molar-refractivity contribution is 0.0684. The number of carboxylic acid groups (broad SMARTS) is 1. The predicted octanol–water partition coefficient (Wildman–Crippen LogP) is 8.15. The SMILES string of the molecule is Cc1c(C(=O)O)n2c3ccc(Cl)c(c13)-c1c(nn(C)c1C)CCCc1cc(n(C)n1)CSc1cc(c3ccccc3c1)OCCC2. The summed E-state index contributed by atoms with van der Waals surface area (Å²) in [5, 5.41) is 23.8. The van der Waals surface area contributed by atoms with E-state index in [2.05, 4.69) is 30.3 Å². The molecule has 4 heterocycles. The monoisotopic (exact) mass is 653 g/mol. The molecule has 1 aliphatic heterocycles. The van der Waals surface area contributed by atoms with Gasteiger partial charge in [-0.25, -0.2) is 4.79 Å². The van der Waals surface area contributed by atoms with Gasteiger partial charge in [0.05, 0.1) is 18.0 Å². The zero-order valence-corrected chi connectivity index (χ0v) is 28.0. The molecule has 0 spiro atoms. The summed E-state index contributed by atoms with van der Waals surface area (Å²) in [6.07, 6.45) is 3.06. The van der Waals surface area contributed by atoms with E-state index >= 15 is 0 Å². The van der Waals surface area contributed by atoms with Crippen LogP contribution >= 0.6 is 23.4 Å². The highest BCUT2D eigenvalue weighted by atomic mass is 35.5. The Hall–Kier alpha value is -4.21. The molecule has 10 heteroatoms. The summed E-state index contributed by atoms with van der Waals surface area (Å²) in [7, 11) is 3.96. The Bertz CT molecular complexity index is 2140. The van der Waals surface area contributed by atoms with E-state index in [1.807, 2.05) is 66.1 Å². The number of hydrogen-bond acceptors (Lipinski definition) is 5. The molecule has 1 aliphatic rings. The number of aryl methyl sites for hydroxylation is 6. The molecule has 0 aliphatic carbocycles. The number of rotatable bonds is 1. The third kappa shape index (κ3) is 5.35. The second-order valence-corrected chi connectivity index (χ2v) is 13.5. The Balaban J connectivity index is 1.36. The number of hydrogen-bond donors (Lipinski definition) is 1. The first-order valence-corrected chi connectivity index (χ1v) is 16.9. The van der Waals surface area contributed by atoms with E-state index < -0.39 is 5.97 Å². The fourth-order valence-electron chi connectivity index (χ4n) is 6.82. The van der Waals surface area contributed by atoms with Gasteiger partial charge in [-0.2, -0.15) is 10.2 Å². The molecule has 0 fully saturated rings. The van der Waals surface area contributed by atoms with Gasteiger partial charge in [0.25, 0.3) is 0 Å². The maximum atomic E-state index is 12.7. The minimum absolute atomic E-state index is 0.276. The maximum Gasteiger partial charge on any atom is 0.352 e. The smallest absolute Gasteiger partial charge is 0.352 e. The van der Waals surface area contributed by atoms with Gasteiger partial charge in [0.15, 0.2) is 0 Å². The topological polar surface area (TPSA) is 87.1 Å². The Morgan fingerprint density at radius 3 is 2.63 bits per heavy atom. The molecule has 7 rings (SSSR count). The molecule has 46 heavy (non-hydrogen) atoms. The van der Waals surface area contributed by atoms with Crippen molar-refractivity contribution in [3.05, 3.63) is 93.7 Å². The van der Waals surface area contributed by atoms with Crippen molar-refractivity contribution in [1.82, 2.24) is 24.1 Å². The Labute approximate surface area is 276 Å². The van der Waals surface area contributed by atoms with Crippen molar-refractivity contribution in [3.8, 4) is 16.9 Å². The van der Waals surface area contributed by atoms with Crippen molar-refractivity contribution in [2.45, 2.75) is 56.7 Å². The molecule has 0 amide bonds. The fraction of sp³-hybridized carbons (Fsp3) is 0.306. The van der Waals surface area contributed by atoms with E-state index in [0.717, 1.165) is 85.5 Å². The van der Waals surface area contributed by atoms with Gasteiger partial charge in [0.2, 0.25) is 0 Å². The van der Waals surface area contributed by atoms with Crippen LogP contribution in [-0.2, 0) is 39.2 Å². The standard InChI is InChI=1S/C36H36ClN5O3S/c1-21-32-30-14-13-28(37)34(32)33-22(2)40(3)39-29(33)12-7-10-24-18-25(41(4)38-24)20-46-26-17-23-9-5-6-11-27(23)31(19-26)45-16-8-15-42(30)35(21)36(43)44/h5-6,9,11,13-14,17-19H,7-8,10,12,15-16,20H2,1-4H3,(H,43,44). The van der Waals surface area contributed by atoms with Crippen LogP contribution in [0.3, 0.4) is 0 Å². The summed E-state index contributed by atoms with van der Waals surface area (Å²) in [6, 6.07) is 18.6. The van der Waals surface area contributed by atoms with Gasteiger partial charge in [-0.15, -0.1) is 11.8 Å². The third-order valence-corrected chi connectivity index (χ3v) is 10.4. The molecule has 8 nitrogen and oxygen atoms in total. The minimum Gasteiger partial charge on any atom is -0.493 e. The summed E-state index contributed by atoms with van der Waals surface area (Å²) < 4.78 is 12.2. The Morgan fingerprint density at radius 2 is 1.80 bits per heavy atom. The van der Waals surface area contributed by atoms with Crippen LogP contribution in [0.1, 0.15) is 51.7 Å².